The molecule has 0 spiro atoms. The number of fused-ring (bicyclic) bond motifs is 1. The van der Waals surface area contributed by atoms with Crippen LogP contribution in [0.4, 0.5) is 16.2 Å². The number of hydrogen-bond acceptors (Lipinski definition) is 6. The van der Waals surface area contributed by atoms with E-state index >= 15 is 0 Å². The third kappa shape index (κ3) is 4.58. The normalized spacial score (nSPS) is 22.8. The first kappa shape index (κ1) is 23.9. The van der Waals surface area contributed by atoms with Gasteiger partial charge in [0.05, 0.1) is 24.5 Å². The van der Waals surface area contributed by atoms with E-state index in [1.807, 2.05) is 19.1 Å². The number of halogens is 1. The predicted octanol–water partition coefficient (Wildman–Crippen LogP) is 4.52. The Labute approximate surface area is 210 Å². The molecule has 1 saturated carbocycles. The molecule has 1 saturated heterocycles. The summed E-state index contributed by atoms with van der Waals surface area (Å²) in [6.07, 6.45) is 1.98. The molecule has 2 fully saturated rings. The van der Waals surface area contributed by atoms with Crippen molar-refractivity contribution in [3.8, 4) is 11.5 Å². The quantitative estimate of drug-likeness (QED) is 0.617. The monoisotopic (exact) mass is 498 g/mol. The Bertz CT molecular complexity index is 1150. The summed E-state index contributed by atoms with van der Waals surface area (Å²) in [5.41, 5.74) is 2.55. The van der Waals surface area contributed by atoms with Gasteiger partial charge in [-0.1, -0.05) is 17.7 Å². The van der Waals surface area contributed by atoms with Crippen molar-refractivity contribution in [2.45, 2.75) is 44.7 Å². The van der Waals surface area contributed by atoms with E-state index < -0.39 is 6.09 Å². The van der Waals surface area contributed by atoms with Crippen LogP contribution in [-0.2, 0) is 4.79 Å². The van der Waals surface area contributed by atoms with Gasteiger partial charge in [0.15, 0.2) is 11.5 Å². The number of likely N-dealkylation sites (N-methyl/N-ethyl adjacent to an activating group) is 1. The Morgan fingerprint density at radius 3 is 2.46 bits per heavy atom. The van der Waals surface area contributed by atoms with Crippen molar-refractivity contribution >= 4 is 35.0 Å². The van der Waals surface area contributed by atoms with Crippen molar-refractivity contribution < 1.29 is 19.1 Å². The highest BCUT2D eigenvalue weighted by Gasteiger charge is 2.40. The SMILES string of the molecule is COc1cc(Cl)ccc1OC(=O)N1C[C@H](C)N(C(C)=O)c2ccc(C3CN(C)N(C4CC4)C3)cc21. The molecule has 1 aliphatic carbocycles. The van der Waals surface area contributed by atoms with Gasteiger partial charge < -0.3 is 14.4 Å². The molecule has 0 radical (unpaired) electrons. The first-order valence-corrected chi connectivity index (χ1v) is 12.4. The highest BCUT2D eigenvalue weighted by atomic mass is 35.5. The number of carbonyl (C=O) groups excluding carboxylic acids is 2. The number of anilines is 2. The number of hydrogen-bond donors (Lipinski definition) is 0. The second-order valence-corrected chi connectivity index (χ2v) is 10.1. The van der Waals surface area contributed by atoms with Gasteiger partial charge in [-0.2, -0.15) is 0 Å². The molecule has 0 bridgehead atoms. The van der Waals surface area contributed by atoms with Crippen LogP contribution in [0.3, 0.4) is 0 Å². The van der Waals surface area contributed by atoms with Crippen LogP contribution < -0.4 is 19.3 Å². The van der Waals surface area contributed by atoms with Crippen LogP contribution in [0.15, 0.2) is 36.4 Å². The second-order valence-electron chi connectivity index (χ2n) is 9.65. The van der Waals surface area contributed by atoms with Crippen molar-refractivity contribution in [3.63, 3.8) is 0 Å². The van der Waals surface area contributed by atoms with Gasteiger partial charge in [0, 0.05) is 56.7 Å². The molecule has 0 N–H and O–H groups in total. The minimum atomic E-state index is -0.526. The maximum Gasteiger partial charge on any atom is 0.420 e. The number of nitrogens with zero attached hydrogens (tertiary/aromatic N) is 4. The molecular formula is C26H31ClN4O4. The number of hydrazine groups is 1. The van der Waals surface area contributed by atoms with E-state index in [0.29, 0.717) is 46.4 Å². The molecule has 8 nitrogen and oxygen atoms in total. The summed E-state index contributed by atoms with van der Waals surface area (Å²) in [5, 5.41) is 5.25. The lowest BCUT2D eigenvalue weighted by molar-refractivity contribution is -0.117. The smallest absolute Gasteiger partial charge is 0.420 e. The first-order chi connectivity index (χ1) is 16.8. The molecule has 1 unspecified atom stereocenters. The standard InChI is InChI=1S/C26H31ClN4O4/c1-16-13-29(26(33)35-24-10-6-20(27)12-25(24)34-4)23-11-18(5-9-22(23)31(16)17(2)32)19-14-28(3)30(15-19)21-7-8-21/h5-6,9-12,16,19,21H,7-8,13-15H2,1-4H3/t16-,19?/m0/s1. The fourth-order valence-electron chi connectivity index (χ4n) is 5.28. The molecule has 2 aliphatic heterocycles. The number of carbonyl (C=O) groups is 2. The molecule has 5 rings (SSSR count). The number of amides is 2. The van der Waals surface area contributed by atoms with Crippen molar-refractivity contribution in [1.82, 2.24) is 10.0 Å². The molecule has 3 aliphatic rings. The Morgan fingerprint density at radius 1 is 1.00 bits per heavy atom. The van der Waals surface area contributed by atoms with Crippen LogP contribution in [0.1, 0.15) is 38.2 Å². The summed E-state index contributed by atoms with van der Waals surface area (Å²) < 4.78 is 11.1. The van der Waals surface area contributed by atoms with Crippen LogP contribution in [0, 0.1) is 0 Å². The highest BCUT2D eigenvalue weighted by molar-refractivity contribution is 6.30. The molecule has 2 aromatic rings. The zero-order valence-electron chi connectivity index (χ0n) is 20.5. The number of methoxy groups -OCH3 is 1. The number of benzene rings is 2. The van der Waals surface area contributed by atoms with Crippen LogP contribution in [0.2, 0.25) is 5.02 Å². The third-order valence-corrected chi connectivity index (χ3v) is 7.33. The van der Waals surface area contributed by atoms with Crippen molar-refractivity contribution in [3.05, 3.63) is 47.0 Å². The molecular weight excluding hydrogens is 468 g/mol. The summed E-state index contributed by atoms with van der Waals surface area (Å²) in [6, 6.07) is 11.4. The molecule has 186 valence electrons. The van der Waals surface area contributed by atoms with Crippen molar-refractivity contribution in [1.29, 1.82) is 0 Å². The maximum absolute atomic E-state index is 13.4. The van der Waals surface area contributed by atoms with E-state index in [4.69, 9.17) is 21.1 Å². The van der Waals surface area contributed by atoms with Gasteiger partial charge in [-0.05, 0) is 49.6 Å². The Kier molecular flexibility index (Phi) is 6.38. The topological polar surface area (TPSA) is 65.6 Å². The average Bonchev–Trinajstić information content (AvgIpc) is 3.60. The molecule has 2 atom stereocenters. The fraction of sp³-hybridized carbons (Fsp3) is 0.462. The van der Waals surface area contributed by atoms with Crippen molar-refractivity contribution in [2.24, 2.45) is 0 Å². The Balaban J connectivity index is 1.47. The Hall–Kier alpha value is -2.81. The molecule has 2 heterocycles. The first-order valence-electron chi connectivity index (χ1n) is 12.0. The molecule has 2 amide bonds. The van der Waals surface area contributed by atoms with Gasteiger partial charge in [0.1, 0.15) is 0 Å². The Morgan fingerprint density at radius 2 is 1.77 bits per heavy atom. The second kappa shape index (κ2) is 9.33. The van der Waals surface area contributed by atoms with Gasteiger partial charge in [0.2, 0.25) is 5.91 Å². The minimum absolute atomic E-state index is 0.0561. The van der Waals surface area contributed by atoms with E-state index in [1.165, 1.54) is 20.0 Å². The van der Waals surface area contributed by atoms with Gasteiger partial charge in [-0.25, -0.2) is 14.8 Å². The zero-order chi connectivity index (χ0) is 24.9. The number of ether oxygens (including phenoxy) is 2. The van der Waals surface area contributed by atoms with E-state index in [1.54, 1.807) is 34.9 Å². The summed E-state index contributed by atoms with van der Waals surface area (Å²) >= 11 is 6.06. The van der Waals surface area contributed by atoms with Crippen LogP contribution >= 0.6 is 11.6 Å². The van der Waals surface area contributed by atoms with E-state index in [0.717, 1.165) is 18.7 Å². The van der Waals surface area contributed by atoms with Gasteiger partial charge in [0.25, 0.3) is 0 Å². The lowest BCUT2D eigenvalue weighted by Crippen LogP contribution is -2.52. The van der Waals surface area contributed by atoms with Crippen molar-refractivity contribution in [2.75, 3.05) is 43.6 Å². The molecule has 9 heteroatoms. The van der Waals surface area contributed by atoms with Crippen LogP contribution in [-0.4, -0.2) is 67.9 Å². The molecule has 0 aromatic heterocycles. The third-order valence-electron chi connectivity index (χ3n) is 7.09. The van der Waals surface area contributed by atoms with Gasteiger partial charge in [-0.15, -0.1) is 0 Å². The molecule has 35 heavy (non-hydrogen) atoms. The minimum Gasteiger partial charge on any atom is -0.493 e. The maximum atomic E-state index is 13.4. The van der Waals surface area contributed by atoms with Crippen LogP contribution in [0.25, 0.3) is 0 Å². The average molecular weight is 499 g/mol. The number of rotatable bonds is 4. The lowest BCUT2D eigenvalue weighted by atomic mass is 9.96. The van der Waals surface area contributed by atoms with Gasteiger partial charge in [-0.3, -0.25) is 9.69 Å². The highest BCUT2D eigenvalue weighted by Crippen LogP contribution is 2.41. The summed E-state index contributed by atoms with van der Waals surface area (Å²) in [6.45, 7) is 5.69. The lowest BCUT2D eigenvalue weighted by Gasteiger charge is -2.40. The van der Waals surface area contributed by atoms with Gasteiger partial charge >= 0.3 is 6.09 Å². The molecule has 2 aromatic carbocycles. The van der Waals surface area contributed by atoms with E-state index in [9.17, 15) is 9.59 Å². The predicted molar refractivity (Wildman–Crippen MR) is 136 cm³/mol. The summed E-state index contributed by atoms with van der Waals surface area (Å²) in [4.78, 5) is 29.3. The fourth-order valence-corrected chi connectivity index (χ4v) is 5.44. The largest absolute Gasteiger partial charge is 0.493 e. The summed E-state index contributed by atoms with van der Waals surface area (Å²) in [5.74, 6) is 0.938. The summed E-state index contributed by atoms with van der Waals surface area (Å²) in [7, 11) is 3.64. The van der Waals surface area contributed by atoms with Crippen LogP contribution in [0.5, 0.6) is 11.5 Å². The van der Waals surface area contributed by atoms with E-state index in [-0.39, 0.29) is 11.9 Å². The van der Waals surface area contributed by atoms with E-state index in [2.05, 4.69) is 23.1 Å². The zero-order valence-corrected chi connectivity index (χ0v) is 21.3.